The van der Waals surface area contributed by atoms with Gasteiger partial charge in [-0.25, -0.2) is 0 Å². The number of allylic oxidation sites excluding steroid dienone is 1. The molecule has 1 fully saturated rings. The van der Waals surface area contributed by atoms with Crippen molar-refractivity contribution in [1.29, 1.82) is 0 Å². The van der Waals surface area contributed by atoms with Crippen molar-refractivity contribution in [3.05, 3.63) is 48.0 Å². The molecular weight excluding hydrogens is 326 g/mol. The van der Waals surface area contributed by atoms with Crippen LogP contribution in [0.15, 0.2) is 36.9 Å². The Labute approximate surface area is 169 Å². The van der Waals surface area contributed by atoms with Crippen LogP contribution in [0.3, 0.4) is 0 Å². The van der Waals surface area contributed by atoms with E-state index in [4.69, 9.17) is 0 Å². The number of hydrogen-bond acceptors (Lipinski definition) is 1. The summed E-state index contributed by atoms with van der Waals surface area (Å²) in [6, 6.07) is 10.1. The van der Waals surface area contributed by atoms with Crippen LogP contribution in [0, 0.1) is 17.3 Å². The van der Waals surface area contributed by atoms with Gasteiger partial charge in [0, 0.05) is 12.6 Å². The Hall–Kier alpha value is -1.08. The van der Waals surface area contributed by atoms with E-state index in [0.717, 1.165) is 24.8 Å². The molecule has 0 bridgehead atoms. The summed E-state index contributed by atoms with van der Waals surface area (Å²) in [7, 11) is 0. The van der Waals surface area contributed by atoms with Crippen molar-refractivity contribution in [2.45, 2.75) is 91.5 Å². The van der Waals surface area contributed by atoms with Gasteiger partial charge in [-0.05, 0) is 73.3 Å². The van der Waals surface area contributed by atoms with E-state index in [-0.39, 0.29) is 0 Å². The zero-order valence-corrected chi connectivity index (χ0v) is 18.4. The summed E-state index contributed by atoms with van der Waals surface area (Å²) in [6.45, 7) is 14.4. The highest BCUT2D eigenvalue weighted by Crippen LogP contribution is 2.30. The van der Waals surface area contributed by atoms with E-state index < -0.39 is 0 Å². The lowest BCUT2D eigenvalue weighted by Crippen LogP contribution is -2.44. The molecule has 1 nitrogen and oxygen atoms in total. The zero-order chi connectivity index (χ0) is 19.7. The molecule has 1 N–H and O–H groups in total. The standard InChI is InChI=1S/C26H43N/c1-6-17-26(5,7-2)20-27-25-14-9-8-13-24(25)19-23-12-10-11-22(18-23)16-15-21(3)4/h6,10-12,18,21,24-25,27H,1,7-9,13-17,19-20H2,2-5H3. The smallest absolute Gasteiger partial charge is 0.00987 e. The van der Waals surface area contributed by atoms with E-state index in [1.165, 1.54) is 56.9 Å². The number of benzene rings is 1. The molecule has 3 unspecified atom stereocenters. The summed E-state index contributed by atoms with van der Waals surface area (Å²) in [5.74, 6) is 1.56. The molecule has 0 aromatic heterocycles. The van der Waals surface area contributed by atoms with Gasteiger partial charge in [-0.1, -0.05) is 70.9 Å². The van der Waals surface area contributed by atoms with Gasteiger partial charge in [0.25, 0.3) is 0 Å². The maximum atomic E-state index is 3.98. The largest absolute Gasteiger partial charge is 0.313 e. The summed E-state index contributed by atoms with van der Waals surface area (Å²) in [5.41, 5.74) is 3.41. The monoisotopic (exact) mass is 369 g/mol. The quantitative estimate of drug-likeness (QED) is 0.416. The molecule has 3 atom stereocenters. The first kappa shape index (κ1) is 22.2. The van der Waals surface area contributed by atoms with Crippen LogP contribution in [-0.4, -0.2) is 12.6 Å². The Kier molecular flexibility index (Phi) is 9.09. The summed E-state index contributed by atoms with van der Waals surface area (Å²) in [4.78, 5) is 0. The molecule has 0 amide bonds. The van der Waals surface area contributed by atoms with Crippen LogP contribution in [0.5, 0.6) is 0 Å². The van der Waals surface area contributed by atoms with Crippen LogP contribution in [0.4, 0.5) is 0 Å². The fourth-order valence-corrected chi connectivity index (χ4v) is 4.46. The average Bonchev–Trinajstić information content (AvgIpc) is 2.66. The fraction of sp³-hybridized carbons (Fsp3) is 0.692. The number of nitrogens with one attached hydrogen (secondary N) is 1. The molecule has 1 aliphatic rings. The lowest BCUT2D eigenvalue weighted by Gasteiger charge is -2.36. The number of aryl methyl sites for hydroxylation is 1. The van der Waals surface area contributed by atoms with E-state index in [0.29, 0.717) is 11.5 Å². The second-order valence-corrected chi connectivity index (χ2v) is 9.65. The molecule has 1 aromatic carbocycles. The zero-order valence-electron chi connectivity index (χ0n) is 18.4. The first-order valence-corrected chi connectivity index (χ1v) is 11.4. The van der Waals surface area contributed by atoms with Crippen molar-refractivity contribution in [1.82, 2.24) is 5.32 Å². The predicted octanol–water partition coefficient (Wildman–Crippen LogP) is 6.96. The van der Waals surface area contributed by atoms with Crippen LogP contribution in [0.2, 0.25) is 0 Å². The van der Waals surface area contributed by atoms with E-state index in [2.05, 4.69) is 69.9 Å². The molecule has 0 heterocycles. The third-order valence-electron chi connectivity index (χ3n) is 6.69. The van der Waals surface area contributed by atoms with E-state index >= 15 is 0 Å². The van der Waals surface area contributed by atoms with Gasteiger partial charge in [-0.3, -0.25) is 0 Å². The highest BCUT2D eigenvalue weighted by Gasteiger charge is 2.28. The van der Waals surface area contributed by atoms with Crippen molar-refractivity contribution >= 4 is 0 Å². The molecule has 2 rings (SSSR count). The first-order valence-electron chi connectivity index (χ1n) is 11.4. The van der Waals surface area contributed by atoms with E-state index in [1.807, 2.05) is 0 Å². The van der Waals surface area contributed by atoms with Gasteiger partial charge in [0.2, 0.25) is 0 Å². The Morgan fingerprint density at radius 2 is 1.96 bits per heavy atom. The fourth-order valence-electron chi connectivity index (χ4n) is 4.46. The third kappa shape index (κ3) is 7.45. The van der Waals surface area contributed by atoms with Gasteiger partial charge < -0.3 is 5.32 Å². The molecule has 0 saturated heterocycles. The van der Waals surface area contributed by atoms with Gasteiger partial charge in [0.15, 0.2) is 0 Å². The maximum Gasteiger partial charge on any atom is 0.00987 e. The molecule has 152 valence electrons. The predicted molar refractivity (Wildman–Crippen MR) is 120 cm³/mol. The van der Waals surface area contributed by atoms with E-state index in [1.54, 1.807) is 5.56 Å². The summed E-state index contributed by atoms with van der Waals surface area (Å²) >= 11 is 0. The highest BCUT2D eigenvalue weighted by atomic mass is 14.9. The Balaban J connectivity index is 1.96. The lowest BCUT2D eigenvalue weighted by atomic mass is 9.78. The molecule has 0 aliphatic heterocycles. The van der Waals surface area contributed by atoms with Crippen molar-refractivity contribution in [3.8, 4) is 0 Å². The van der Waals surface area contributed by atoms with Crippen molar-refractivity contribution in [3.63, 3.8) is 0 Å². The first-order chi connectivity index (χ1) is 13.0. The molecule has 1 aliphatic carbocycles. The minimum Gasteiger partial charge on any atom is -0.313 e. The Morgan fingerprint density at radius 1 is 1.22 bits per heavy atom. The van der Waals surface area contributed by atoms with Gasteiger partial charge in [-0.2, -0.15) is 0 Å². The number of rotatable bonds is 11. The second kappa shape index (κ2) is 11.1. The maximum absolute atomic E-state index is 3.98. The topological polar surface area (TPSA) is 12.0 Å². The Morgan fingerprint density at radius 3 is 2.67 bits per heavy atom. The molecule has 0 spiro atoms. The summed E-state index contributed by atoms with van der Waals surface area (Å²) in [5, 5.41) is 3.98. The van der Waals surface area contributed by atoms with Gasteiger partial charge in [0.05, 0.1) is 0 Å². The highest BCUT2D eigenvalue weighted by molar-refractivity contribution is 5.24. The van der Waals surface area contributed by atoms with Crippen LogP contribution in [0.25, 0.3) is 0 Å². The molecule has 0 radical (unpaired) electrons. The molecule has 27 heavy (non-hydrogen) atoms. The second-order valence-electron chi connectivity index (χ2n) is 9.65. The third-order valence-corrected chi connectivity index (χ3v) is 6.69. The van der Waals surface area contributed by atoms with Crippen LogP contribution in [-0.2, 0) is 12.8 Å². The van der Waals surface area contributed by atoms with Gasteiger partial charge >= 0.3 is 0 Å². The van der Waals surface area contributed by atoms with Crippen molar-refractivity contribution in [2.75, 3.05) is 6.54 Å². The summed E-state index contributed by atoms with van der Waals surface area (Å²) in [6.07, 6.45) is 13.6. The van der Waals surface area contributed by atoms with Gasteiger partial charge in [-0.15, -0.1) is 6.58 Å². The van der Waals surface area contributed by atoms with Crippen molar-refractivity contribution < 1.29 is 0 Å². The average molecular weight is 370 g/mol. The summed E-state index contributed by atoms with van der Waals surface area (Å²) < 4.78 is 0. The van der Waals surface area contributed by atoms with E-state index in [9.17, 15) is 0 Å². The van der Waals surface area contributed by atoms with Crippen LogP contribution >= 0.6 is 0 Å². The van der Waals surface area contributed by atoms with Crippen LogP contribution in [0.1, 0.15) is 83.8 Å². The molecule has 1 heteroatoms. The SMILES string of the molecule is C=CCC(C)(CC)CNC1CCCCC1Cc1cccc(CCC(C)C)c1. The van der Waals surface area contributed by atoms with Crippen molar-refractivity contribution in [2.24, 2.45) is 17.3 Å². The van der Waals surface area contributed by atoms with Crippen LogP contribution < -0.4 is 5.32 Å². The molecule has 1 saturated carbocycles. The van der Waals surface area contributed by atoms with Gasteiger partial charge in [0.1, 0.15) is 0 Å². The normalized spacial score (nSPS) is 22.6. The lowest BCUT2D eigenvalue weighted by molar-refractivity contribution is 0.214. The minimum atomic E-state index is 0.348. The number of hydrogen-bond donors (Lipinski definition) is 1. The Bertz CT molecular complexity index is 561. The molecule has 1 aromatic rings. The minimum absolute atomic E-state index is 0.348. The molecular formula is C26H43N.